The van der Waals surface area contributed by atoms with Gasteiger partial charge in [-0.15, -0.1) is 0 Å². The van der Waals surface area contributed by atoms with Crippen molar-refractivity contribution < 1.29 is 25.2 Å². The monoisotopic (exact) mass is 354 g/mol. The smallest absolute Gasteiger partial charge is 0.332 e. The van der Waals surface area contributed by atoms with Crippen LogP contribution in [-0.2, 0) is 4.79 Å². The minimum atomic E-state index is -1.69. The zero-order valence-electron chi connectivity index (χ0n) is 15.3. The van der Waals surface area contributed by atoms with Gasteiger partial charge in [0, 0.05) is 12.8 Å². The molecule has 0 aliphatic carbocycles. The summed E-state index contributed by atoms with van der Waals surface area (Å²) in [6.45, 7) is 2.15. The van der Waals surface area contributed by atoms with E-state index in [0.717, 1.165) is 25.7 Å². The SMILES string of the molecule is CCCCC/C=C/CC(O)(O)C/C=C/CC/C=C/CCC(O)C(=O)O. The van der Waals surface area contributed by atoms with Crippen molar-refractivity contribution in [3.05, 3.63) is 36.5 Å². The molecule has 0 saturated heterocycles. The molecule has 0 rings (SSSR count). The van der Waals surface area contributed by atoms with Crippen molar-refractivity contribution in [3.63, 3.8) is 0 Å². The minimum Gasteiger partial charge on any atom is -0.479 e. The molecule has 0 aromatic heterocycles. The summed E-state index contributed by atoms with van der Waals surface area (Å²) < 4.78 is 0. The Morgan fingerprint density at radius 3 is 1.96 bits per heavy atom. The predicted octanol–water partition coefficient (Wildman–Crippen LogP) is 3.70. The molecule has 0 heterocycles. The Labute approximate surface area is 151 Å². The van der Waals surface area contributed by atoms with Gasteiger partial charge in [-0.3, -0.25) is 0 Å². The predicted molar refractivity (Wildman–Crippen MR) is 100 cm³/mol. The number of hydrogen-bond donors (Lipinski definition) is 4. The summed E-state index contributed by atoms with van der Waals surface area (Å²) in [7, 11) is 0. The fourth-order valence-corrected chi connectivity index (χ4v) is 2.18. The highest BCUT2D eigenvalue weighted by molar-refractivity contribution is 5.71. The molecule has 0 aliphatic heterocycles. The van der Waals surface area contributed by atoms with Crippen LogP contribution in [0.15, 0.2) is 36.5 Å². The summed E-state index contributed by atoms with van der Waals surface area (Å²) in [5, 5.41) is 37.3. The Bertz CT molecular complexity index is 424. The molecule has 4 N–H and O–H groups in total. The van der Waals surface area contributed by atoms with Gasteiger partial charge < -0.3 is 20.4 Å². The first-order chi connectivity index (χ1) is 11.9. The van der Waals surface area contributed by atoms with E-state index in [9.17, 15) is 15.0 Å². The van der Waals surface area contributed by atoms with Crippen molar-refractivity contribution >= 4 is 5.97 Å². The van der Waals surface area contributed by atoms with Gasteiger partial charge in [0.2, 0.25) is 0 Å². The van der Waals surface area contributed by atoms with Crippen LogP contribution in [0.4, 0.5) is 0 Å². The van der Waals surface area contributed by atoms with E-state index in [2.05, 4.69) is 6.92 Å². The second kappa shape index (κ2) is 14.9. The molecule has 5 nitrogen and oxygen atoms in total. The zero-order chi connectivity index (χ0) is 19.0. The van der Waals surface area contributed by atoms with Crippen molar-refractivity contribution in [1.82, 2.24) is 0 Å². The number of hydrogen-bond acceptors (Lipinski definition) is 4. The summed E-state index contributed by atoms with van der Waals surface area (Å²) >= 11 is 0. The van der Waals surface area contributed by atoms with E-state index < -0.39 is 17.9 Å². The second-order valence-electron chi connectivity index (χ2n) is 6.31. The van der Waals surface area contributed by atoms with Gasteiger partial charge in [-0.05, 0) is 38.5 Å². The summed E-state index contributed by atoms with van der Waals surface area (Å²) in [6, 6.07) is 0. The number of aliphatic hydroxyl groups excluding tert-OH is 1. The van der Waals surface area contributed by atoms with Gasteiger partial charge in [-0.1, -0.05) is 56.2 Å². The molecule has 144 valence electrons. The van der Waals surface area contributed by atoms with Crippen LogP contribution in [0.25, 0.3) is 0 Å². The lowest BCUT2D eigenvalue weighted by Gasteiger charge is -2.17. The lowest BCUT2D eigenvalue weighted by atomic mass is 10.1. The normalized spacial score (nSPS) is 14.1. The van der Waals surface area contributed by atoms with Gasteiger partial charge in [-0.2, -0.15) is 0 Å². The highest BCUT2D eigenvalue weighted by Crippen LogP contribution is 2.14. The highest BCUT2D eigenvalue weighted by atomic mass is 16.5. The third-order valence-corrected chi connectivity index (χ3v) is 3.76. The fraction of sp³-hybridized carbons (Fsp3) is 0.650. The number of allylic oxidation sites excluding steroid dienone is 4. The van der Waals surface area contributed by atoms with E-state index in [1.54, 1.807) is 6.08 Å². The van der Waals surface area contributed by atoms with Crippen LogP contribution in [0.2, 0.25) is 0 Å². The number of aliphatic hydroxyl groups is 3. The molecule has 0 spiro atoms. The standard InChI is InChI=1S/C20H34O5/c1-2-3-4-5-10-13-16-20(24,25)17-14-11-8-6-7-9-12-15-18(21)19(22)23/h7,9-11,13-14,18,21,24-25H,2-6,8,12,15-17H2,1H3,(H,22,23)/b9-7+,13-10+,14-11+. The zero-order valence-corrected chi connectivity index (χ0v) is 15.3. The molecule has 25 heavy (non-hydrogen) atoms. The van der Waals surface area contributed by atoms with Crippen molar-refractivity contribution in [2.24, 2.45) is 0 Å². The van der Waals surface area contributed by atoms with E-state index in [-0.39, 0.29) is 19.3 Å². The maximum Gasteiger partial charge on any atom is 0.332 e. The van der Waals surface area contributed by atoms with Gasteiger partial charge in [0.25, 0.3) is 0 Å². The number of carboxylic acids is 1. The van der Waals surface area contributed by atoms with Crippen LogP contribution in [0.3, 0.4) is 0 Å². The average molecular weight is 354 g/mol. The van der Waals surface area contributed by atoms with Crippen molar-refractivity contribution in [2.45, 2.75) is 83.0 Å². The molecule has 0 fully saturated rings. The number of carbonyl (C=O) groups is 1. The lowest BCUT2D eigenvalue weighted by Crippen LogP contribution is -2.25. The lowest BCUT2D eigenvalue weighted by molar-refractivity contribution is -0.154. The van der Waals surface area contributed by atoms with E-state index in [4.69, 9.17) is 10.2 Å². The molecule has 0 aliphatic rings. The largest absolute Gasteiger partial charge is 0.479 e. The molecular weight excluding hydrogens is 320 g/mol. The fourth-order valence-electron chi connectivity index (χ4n) is 2.18. The van der Waals surface area contributed by atoms with E-state index in [1.165, 1.54) is 12.8 Å². The molecule has 0 saturated carbocycles. The summed E-state index contributed by atoms with van der Waals surface area (Å²) in [5.41, 5.74) is 0. The van der Waals surface area contributed by atoms with E-state index in [1.807, 2.05) is 30.4 Å². The van der Waals surface area contributed by atoms with Crippen LogP contribution in [-0.4, -0.2) is 38.3 Å². The Hall–Kier alpha value is -1.43. The van der Waals surface area contributed by atoms with Gasteiger partial charge in [0.15, 0.2) is 11.9 Å². The van der Waals surface area contributed by atoms with Crippen molar-refractivity contribution in [1.29, 1.82) is 0 Å². The number of aliphatic carboxylic acids is 1. The molecule has 0 aromatic rings. The molecule has 1 unspecified atom stereocenters. The van der Waals surface area contributed by atoms with Gasteiger partial charge in [0.1, 0.15) is 0 Å². The van der Waals surface area contributed by atoms with Crippen LogP contribution < -0.4 is 0 Å². The Morgan fingerprint density at radius 1 is 0.880 bits per heavy atom. The van der Waals surface area contributed by atoms with Gasteiger partial charge in [0.05, 0.1) is 0 Å². The third-order valence-electron chi connectivity index (χ3n) is 3.76. The molecule has 0 aromatic carbocycles. The quantitative estimate of drug-likeness (QED) is 0.204. The molecule has 0 bridgehead atoms. The van der Waals surface area contributed by atoms with Gasteiger partial charge in [-0.25, -0.2) is 4.79 Å². The number of carboxylic acid groups (broad SMARTS) is 1. The molecule has 0 amide bonds. The van der Waals surface area contributed by atoms with Crippen LogP contribution >= 0.6 is 0 Å². The van der Waals surface area contributed by atoms with E-state index >= 15 is 0 Å². The Morgan fingerprint density at radius 2 is 1.40 bits per heavy atom. The summed E-state index contributed by atoms with van der Waals surface area (Å²) in [6.07, 6.45) is 17.2. The first kappa shape index (κ1) is 23.6. The van der Waals surface area contributed by atoms with Crippen LogP contribution in [0, 0.1) is 0 Å². The van der Waals surface area contributed by atoms with Crippen LogP contribution in [0.5, 0.6) is 0 Å². The van der Waals surface area contributed by atoms with E-state index in [0.29, 0.717) is 6.42 Å². The number of unbranched alkanes of at least 4 members (excludes halogenated alkanes) is 4. The summed E-state index contributed by atoms with van der Waals surface area (Å²) in [4.78, 5) is 10.4. The third kappa shape index (κ3) is 15.8. The highest BCUT2D eigenvalue weighted by Gasteiger charge is 2.18. The number of rotatable bonds is 15. The molecule has 1 atom stereocenters. The maximum atomic E-state index is 10.4. The Kier molecular flexibility index (Phi) is 14.0. The van der Waals surface area contributed by atoms with Crippen LogP contribution in [0.1, 0.15) is 71.1 Å². The molecular formula is C20H34O5. The minimum absolute atomic E-state index is 0.195. The Balaban J connectivity index is 3.75. The maximum absolute atomic E-state index is 10.4. The van der Waals surface area contributed by atoms with Gasteiger partial charge >= 0.3 is 5.97 Å². The van der Waals surface area contributed by atoms with Crippen molar-refractivity contribution in [2.75, 3.05) is 0 Å². The first-order valence-electron chi connectivity index (χ1n) is 9.19. The molecule has 0 radical (unpaired) electrons. The molecule has 5 heteroatoms. The topological polar surface area (TPSA) is 98.0 Å². The second-order valence-corrected chi connectivity index (χ2v) is 6.31. The summed E-state index contributed by atoms with van der Waals surface area (Å²) in [5.74, 6) is -2.88. The average Bonchev–Trinajstić information content (AvgIpc) is 2.56. The van der Waals surface area contributed by atoms with Crippen molar-refractivity contribution in [3.8, 4) is 0 Å². The first-order valence-corrected chi connectivity index (χ1v) is 9.19.